The van der Waals surface area contributed by atoms with E-state index in [1.54, 1.807) is 18.5 Å². The van der Waals surface area contributed by atoms with Crippen molar-refractivity contribution >= 4 is 34.9 Å². The van der Waals surface area contributed by atoms with Gasteiger partial charge in [-0.2, -0.15) is 0 Å². The van der Waals surface area contributed by atoms with Gasteiger partial charge >= 0.3 is 6.03 Å². The highest BCUT2D eigenvalue weighted by atomic mass is 35.5. The molecule has 7 nitrogen and oxygen atoms in total. The van der Waals surface area contributed by atoms with Crippen LogP contribution in [0.1, 0.15) is 10.4 Å². The van der Waals surface area contributed by atoms with Crippen LogP contribution in [0.5, 0.6) is 5.75 Å². The third-order valence-corrected chi connectivity index (χ3v) is 2.84. The Morgan fingerprint density at radius 2 is 1.95 bits per heavy atom. The van der Waals surface area contributed by atoms with Gasteiger partial charge in [-0.3, -0.25) is 4.79 Å². The summed E-state index contributed by atoms with van der Waals surface area (Å²) in [5.74, 6) is -0.0936. The fourth-order valence-electron chi connectivity index (χ4n) is 1.79. The van der Waals surface area contributed by atoms with Crippen LogP contribution in [0.25, 0.3) is 0 Å². The van der Waals surface area contributed by atoms with E-state index in [4.69, 9.17) is 22.1 Å². The van der Waals surface area contributed by atoms with Crippen molar-refractivity contribution in [3.05, 3.63) is 41.2 Å². The summed E-state index contributed by atoms with van der Waals surface area (Å²) in [4.78, 5) is 25.8. The van der Waals surface area contributed by atoms with Gasteiger partial charge in [0, 0.05) is 17.4 Å². The standard InChI is InChI=1S/C13H13ClN4O3/c1-21-11-9(17-12(19)7-2-3-16-6-7)4-8(14)5-10(11)18-13(15)20/h2-6,16H,1H3,(H,17,19)(H3,15,18,20). The predicted molar refractivity (Wildman–Crippen MR) is 80.0 cm³/mol. The molecule has 0 saturated heterocycles. The number of urea groups is 1. The smallest absolute Gasteiger partial charge is 0.316 e. The van der Waals surface area contributed by atoms with Crippen molar-refractivity contribution in [3.63, 3.8) is 0 Å². The summed E-state index contributed by atoms with van der Waals surface area (Å²) >= 11 is 5.97. The number of halogens is 1. The number of primary amides is 1. The minimum absolute atomic E-state index is 0.252. The molecule has 0 unspecified atom stereocenters. The van der Waals surface area contributed by atoms with Gasteiger partial charge in [-0.1, -0.05) is 11.6 Å². The van der Waals surface area contributed by atoms with E-state index in [1.807, 2.05) is 0 Å². The number of benzene rings is 1. The van der Waals surface area contributed by atoms with Crippen LogP contribution < -0.4 is 21.1 Å². The summed E-state index contributed by atoms with van der Waals surface area (Å²) < 4.78 is 5.20. The van der Waals surface area contributed by atoms with Crippen molar-refractivity contribution in [2.75, 3.05) is 17.7 Å². The molecule has 0 spiro atoms. The summed E-state index contributed by atoms with van der Waals surface area (Å²) in [5.41, 5.74) is 6.12. The molecule has 0 saturated carbocycles. The molecule has 0 aliphatic carbocycles. The molecule has 2 rings (SSSR count). The van der Waals surface area contributed by atoms with E-state index in [2.05, 4.69) is 15.6 Å². The van der Waals surface area contributed by atoms with Crippen LogP contribution in [0.15, 0.2) is 30.6 Å². The number of aromatic nitrogens is 1. The number of hydrogen-bond donors (Lipinski definition) is 4. The molecule has 1 heterocycles. The number of hydrogen-bond acceptors (Lipinski definition) is 3. The van der Waals surface area contributed by atoms with Crippen LogP contribution >= 0.6 is 11.6 Å². The molecule has 5 N–H and O–H groups in total. The number of amides is 3. The second kappa shape index (κ2) is 6.19. The van der Waals surface area contributed by atoms with E-state index in [9.17, 15) is 9.59 Å². The number of nitrogens with one attached hydrogen (secondary N) is 3. The third-order valence-electron chi connectivity index (χ3n) is 2.62. The number of carbonyl (C=O) groups excluding carboxylic acids is 2. The SMILES string of the molecule is COc1c(NC(N)=O)cc(Cl)cc1NC(=O)c1cc[nH]c1. The number of anilines is 2. The first kappa shape index (κ1) is 14.7. The van der Waals surface area contributed by atoms with Crippen LogP contribution in [0, 0.1) is 0 Å². The average molecular weight is 309 g/mol. The summed E-state index contributed by atoms with van der Waals surface area (Å²) in [5, 5.41) is 5.35. The Morgan fingerprint density at radius 1 is 1.29 bits per heavy atom. The van der Waals surface area contributed by atoms with E-state index < -0.39 is 6.03 Å². The second-order valence-corrected chi connectivity index (χ2v) is 4.51. The van der Waals surface area contributed by atoms with Crippen LogP contribution in [0.4, 0.5) is 16.2 Å². The van der Waals surface area contributed by atoms with Crippen molar-refractivity contribution < 1.29 is 14.3 Å². The van der Waals surface area contributed by atoms with Crippen LogP contribution in [0.2, 0.25) is 5.02 Å². The first-order valence-electron chi connectivity index (χ1n) is 5.89. The molecule has 2 aromatic rings. The molecule has 21 heavy (non-hydrogen) atoms. The van der Waals surface area contributed by atoms with Gasteiger partial charge in [0.1, 0.15) is 0 Å². The van der Waals surface area contributed by atoms with Gasteiger partial charge in [0.05, 0.1) is 24.0 Å². The van der Waals surface area contributed by atoms with Gasteiger partial charge in [0.2, 0.25) is 0 Å². The minimum Gasteiger partial charge on any atom is -0.492 e. The normalized spacial score (nSPS) is 10.0. The second-order valence-electron chi connectivity index (χ2n) is 4.08. The number of methoxy groups -OCH3 is 1. The lowest BCUT2D eigenvalue weighted by molar-refractivity contribution is 0.102. The molecule has 1 aromatic carbocycles. The highest BCUT2D eigenvalue weighted by molar-refractivity contribution is 6.31. The summed E-state index contributed by atoms with van der Waals surface area (Å²) in [7, 11) is 1.40. The molecule has 8 heteroatoms. The number of nitrogens with two attached hydrogens (primary N) is 1. The van der Waals surface area contributed by atoms with Crippen molar-refractivity contribution in [2.45, 2.75) is 0 Å². The number of H-pyrrole nitrogens is 1. The Labute approximate surface area is 125 Å². The molecule has 3 amide bonds. The fraction of sp³-hybridized carbons (Fsp3) is 0.0769. The zero-order valence-corrected chi connectivity index (χ0v) is 11.8. The van der Waals surface area contributed by atoms with Gasteiger partial charge in [0.15, 0.2) is 5.75 Å². The average Bonchev–Trinajstić information content (AvgIpc) is 2.91. The molecule has 0 bridgehead atoms. The molecule has 0 aliphatic heterocycles. The summed E-state index contributed by atoms with van der Waals surface area (Å²) in [6, 6.07) is 3.84. The maximum atomic E-state index is 12.0. The van der Waals surface area contributed by atoms with Gasteiger partial charge in [0.25, 0.3) is 5.91 Å². The lowest BCUT2D eigenvalue weighted by atomic mass is 10.2. The Bertz CT molecular complexity index is 670. The highest BCUT2D eigenvalue weighted by Crippen LogP contribution is 2.36. The Morgan fingerprint density at radius 3 is 2.48 bits per heavy atom. The van der Waals surface area contributed by atoms with Crippen molar-refractivity contribution in [2.24, 2.45) is 5.73 Å². The lowest BCUT2D eigenvalue weighted by Crippen LogP contribution is -2.20. The maximum absolute atomic E-state index is 12.0. The molecule has 110 valence electrons. The zero-order valence-electron chi connectivity index (χ0n) is 11.1. The predicted octanol–water partition coefficient (Wildman–Crippen LogP) is 2.42. The van der Waals surface area contributed by atoms with Crippen LogP contribution in [0.3, 0.4) is 0 Å². The summed E-state index contributed by atoms with van der Waals surface area (Å²) in [6.07, 6.45) is 3.18. The molecular formula is C13H13ClN4O3. The quantitative estimate of drug-likeness (QED) is 0.696. The molecular weight excluding hydrogens is 296 g/mol. The van der Waals surface area contributed by atoms with E-state index in [0.29, 0.717) is 16.3 Å². The number of carbonyl (C=O) groups is 2. The van der Waals surface area contributed by atoms with Gasteiger partial charge in [-0.05, 0) is 18.2 Å². The topological polar surface area (TPSA) is 109 Å². The fourth-order valence-corrected chi connectivity index (χ4v) is 2.01. The first-order valence-corrected chi connectivity index (χ1v) is 6.27. The van der Waals surface area contributed by atoms with Gasteiger partial charge in [-0.15, -0.1) is 0 Å². The van der Waals surface area contributed by atoms with Crippen molar-refractivity contribution in [3.8, 4) is 5.75 Å². The first-order chi connectivity index (χ1) is 10.0. The third kappa shape index (κ3) is 3.46. The van der Waals surface area contributed by atoms with Crippen LogP contribution in [-0.4, -0.2) is 24.0 Å². The molecule has 0 atom stereocenters. The number of aromatic amines is 1. The van der Waals surface area contributed by atoms with E-state index in [-0.39, 0.29) is 17.3 Å². The highest BCUT2D eigenvalue weighted by Gasteiger charge is 2.15. The van der Waals surface area contributed by atoms with Crippen molar-refractivity contribution in [1.29, 1.82) is 0 Å². The lowest BCUT2D eigenvalue weighted by Gasteiger charge is -2.15. The molecule has 0 radical (unpaired) electrons. The molecule has 0 aliphatic rings. The monoisotopic (exact) mass is 308 g/mol. The molecule has 1 aromatic heterocycles. The zero-order chi connectivity index (χ0) is 15.4. The van der Waals surface area contributed by atoms with Crippen molar-refractivity contribution in [1.82, 2.24) is 4.98 Å². The van der Waals surface area contributed by atoms with Crippen LogP contribution in [-0.2, 0) is 0 Å². The summed E-state index contributed by atoms with van der Waals surface area (Å²) in [6.45, 7) is 0. The number of rotatable bonds is 4. The Hall–Kier alpha value is -2.67. The Kier molecular flexibility index (Phi) is 4.34. The van der Waals surface area contributed by atoms with E-state index in [1.165, 1.54) is 19.2 Å². The largest absolute Gasteiger partial charge is 0.492 e. The van der Waals surface area contributed by atoms with Gasteiger partial charge < -0.3 is 26.1 Å². The van der Waals surface area contributed by atoms with Gasteiger partial charge in [-0.25, -0.2) is 4.79 Å². The van der Waals surface area contributed by atoms with E-state index in [0.717, 1.165) is 0 Å². The van der Waals surface area contributed by atoms with E-state index >= 15 is 0 Å². The molecule has 0 fully saturated rings. The minimum atomic E-state index is -0.765. The maximum Gasteiger partial charge on any atom is 0.316 e. The number of ether oxygens (including phenoxy) is 1. The Balaban J connectivity index is 2.36.